The van der Waals surface area contributed by atoms with E-state index in [1.165, 1.54) is 6.07 Å². The second-order valence-corrected chi connectivity index (χ2v) is 8.92. The normalized spacial score (nSPS) is 12.2. The van der Waals surface area contributed by atoms with Crippen molar-refractivity contribution in [2.45, 2.75) is 18.6 Å². The molecule has 0 heterocycles. The van der Waals surface area contributed by atoms with Crippen molar-refractivity contribution in [3.63, 3.8) is 0 Å². The molecule has 0 saturated carbocycles. The monoisotopic (exact) mass is 516 g/mol. The lowest BCUT2D eigenvalue weighted by atomic mass is 9.80. The molecule has 0 spiro atoms. The molecule has 4 aromatic carbocycles. The first-order valence-corrected chi connectivity index (χ1v) is 11.8. The van der Waals surface area contributed by atoms with Crippen LogP contribution < -0.4 is 4.74 Å². The number of carboxylic acids is 1. The minimum Gasteiger partial charge on any atom is -0.488 e. The van der Waals surface area contributed by atoms with Crippen LogP contribution in [-0.4, -0.2) is 23.8 Å². The maximum atomic E-state index is 11.4. The fourth-order valence-electron chi connectivity index (χ4n) is 4.03. The molecule has 4 nitrogen and oxygen atoms in total. The summed E-state index contributed by atoms with van der Waals surface area (Å²) >= 11 is 3.36. The highest BCUT2D eigenvalue weighted by molar-refractivity contribution is 9.10. The van der Waals surface area contributed by atoms with Crippen LogP contribution >= 0.6 is 15.9 Å². The predicted molar refractivity (Wildman–Crippen MR) is 136 cm³/mol. The van der Waals surface area contributed by atoms with Gasteiger partial charge in [0.25, 0.3) is 0 Å². The largest absolute Gasteiger partial charge is 0.488 e. The standard InChI is InChI=1S/C29H25BrO4/c1-21(34-27-18-22(28(31)32)17-26(30)19-27)20-33-29(23-11-5-2-6-12-23,24-13-7-3-8-14-24)25-15-9-4-10-16-25/h2-19,21H,20H2,1H3,(H,31,32). The molecule has 0 bridgehead atoms. The fourth-order valence-corrected chi connectivity index (χ4v) is 4.50. The van der Waals surface area contributed by atoms with Gasteiger partial charge in [0.2, 0.25) is 0 Å². The maximum absolute atomic E-state index is 11.4. The number of carboxylic acid groups (broad SMARTS) is 1. The van der Waals surface area contributed by atoms with Crippen molar-refractivity contribution >= 4 is 21.9 Å². The number of halogens is 1. The van der Waals surface area contributed by atoms with Crippen LogP contribution in [0.15, 0.2) is 114 Å². The van der Waals surface area contributed by atoms with Gasteiger partial charge in [-0.2, -0.15) is 0 Å². The van der Waals surface area contributed by atoms with Crippen molar-refractivity contribution in [3.05, 3.63) is 136 Å². The van der Waals surface area contributed by atoms with Crippen molar-refractivity contribution in [2.75, 3.05) is 6.61 Å². The first kappa shape index (κ1) is 23.7. The molecule has 0 saturated heterocycles. The quantitative estimate of drug-likeness (QED) is 0.245. The van der Waals surface area contributed by atoms with Gasteiger partial charge in [-0.1, -0.05) is 107 Å². The summed E-state index contributed by atoms with van der Waals surface area (Å²) in [6.45, 7) is 2.18. The molecular weight excluding hydrogens is 492 g/mol. The third-order valence-corrected chi connectivity index (χ3v) is 5.99. The van der Waals surface area contributed by atoms with Crippen molar-refractivity contribution in [1.29, 1.82) is 0 Å². The van der Waals surface area contributed by atoms with E-state index in [2.05, 4.69) is 52.3 Å². The number of hydrogen-bond donors (Lipinski definition) is 1. The summed E-state index contributed by atoms with van der Waals surface area (Å²) in [5.41, 5.74) is 2.34. The molecule has 1 atom stereocenters. The van der Waals surface area contributed by atoms with Gasteiger partial charge >= 0.3 is 5.97 Å². The lowest BCUT2D eigenvalue weighted by molar-refractivity contribution is -0.0257. The van der Waals surface area contributed by atoms with Gasteiger partial charge < -0.3 is 14.6 Å². The van der Waals surface area contributed by atoms with E-state index in [1.54, 1.807) is 12.1 Å². The summed E-state index contributed by atoms with van der Waals surface area (Å²) in [5, 5.41) is 9.35. The van der Waals surface area contributed by atoms with Gasteiger partial charge in [0.1, 0.15) is 17.5 Å². The Kier molecular flexibility index (Phi) is 7.46. The Balaban J connectivity index is 1.69. The van der Waals surface area contributed by atoms with Crippen LogP contribution in [0, 0.1) is 0 Å². The molecule has 4 rings (SSSR count). The number of ether oxygens (including phenoxy) is 2. The zero-order valence-electron chi connectivity index (χ0n) is 18.7. The van der Waals surface area contributed by atoms with Crippen molar-refractivity contribution in [1.82, 2.24) is 0 Å². The predicted octanol–water partition coefficient (Wildman–Crippen LogP) is 6.92. The third kappa shape index (κ3) is 5.22. The summed E-state index contributed by atoms with van der Waals surface area (Å²) in [5.74, 6) is -0.543. The lowest BCUT2D eigenvalue weighted by Crippen LogP contribution is -2.36. The molecule has 4 aromatic rings. The summed E-state index contributed by atoms with van der Waals surface area (Å²) < 4.78 is 13.5. The Bertz CT molecular complexity index is 1130. The molecule has 0 radical (unpaired) electrons. The van der Waals surface area contributed by atoms with Gasteiger partial charge in [0.15, 0.2) is 0 Å². The highest BCUT2D eigenvalue weighted by Gasteiger charge is 2.38. The average molecular weight is 517 g/mol. The molecule has 172 valence electrons. The molecule has 0 fully saturated rings. The van der Waals surface area contributed by atoms with Crippen LogP contribution in [0.5, 0.6) is 5.75 Å². The molecule has 1 unspecified atom stereocenters. The summed E-state index contributed by atoms with van der Waals surface area (Å²) in [6, 6.07) is 35.2. The minimum absolute atomic E-state index is 0.157. The van der Waals surface area contributed by atoms with E-state index in [0.717, 1.165) is 16.7 Å². The van der Waals surface area contributed by atoms with E-state index in [1.807, 2.05) is 61.5 Å². The second-order valence-electron chi connectivity index (χ2n) is 8.00. The Morgan fingerprint density at radius 1 is 0.824 bits per heavy atom. The number of hydrogen-bond acceptors (Lipinski definition) is 3. The number of rotatable bonds is 9. The van der Waals surface area contributed by atoms with Crippen molar-refractivity contribution in [3.8, 4) is 5.75 Å². The Labute approximate surface area is 207 Å². The second kappa shape index (κ2) is 10.7. The lowest BCUT2D eigenvalue weighted by Gasteiger charge is -2.36. The van der Waals surface area contributed by atoms with Crippen LogP contribution in [0.4, 0.5) is 0 Å². The zero-order chi connectivity index (χ0) is 24.0. The SMILES string of the molecule is CC(COC(c1ccccc1)(c1ccccc1)c1ccccc1)Oc1cc(Br)cc(C(=O)O)c1. The van der Waals surface area contributed by atoms with Crippen LogP contribution in [0.3, 0.4) is 0 Å². The maximum Gasteiger partial charge on any atom is 0.335 e. The van der Waals surface area contributed by atoms with Gasteiger partial charge in [-0.25, -0.2) is 4.79 Å². The Morgan fingerprint density at radius 2 is 1.29 bits per heavy atom. The molecule has 0 aromatic heterocycles. The molecule has 0 aliphatic heterocycles. The van der Waals surface area contributed by atoms with E-state index >= 15 is 0 Å². The van der Waals surface area contributed by atoms with Gasteiger partial charge in [-0.15, -0.1) is 0 Å². The van der Waals surface area contributed by atoms with E-state index in [9.17, 15) is 9.90 Å². The summed E-state index contributed by atoms with van der Waals surface area (Å²) in [6.07, 6.45) is -0.341. The highest BCUT2D eigenvalue weighted by Crippen LogP contribution is 2.40. The minimum atomic E-state index is -1.01. The molecule has 0 amide bonds. The van der Waals surface area contributed by atoms with Gasteiger partial charge in [-0.3, -0.25) is 0 Å². The van der Waals surface area contributed by atoms with E-state index < -0.39 is 11.6 Å². The fraction of sp³-hybridized carbons (Fsp3) is 0.138. The molecule has 1 N–H and O–H groups in total. The molecule has 5 heteroatoms. The molecule has 0 aliphatic rings. The molecule has 34 heavy (non-hydrogen) atoms. The summed E-state index contributed by atoms with van der Waals surface area (Å²) in [4.78, 5) is 11.4. The highest BCUT2D eigenvalue weighted by atomic mass is 79.9. The topological polar surface area (TPSA) is 55.8 Å². The number of carbonyl (C=O) groups is 1. The Hall–Kier alpha value is -3.41. The zero-order valence-corrected chi connectivity index (χ0v) is 20.3. The van der Waals surface area contributed by atoms with Gasteiger partial charge in [0, 0.05) is 4.47 Å². The van der Waals surface area contributed by atoms with E-state index in [-0.39, 0.29) is 18.3 Å². The summed E-state index contributed by atoms with van der Waals surface area (Å²) in [7, 11) is 0. The first-order chi connectivity index (χ1) is 16.5. The van der Waals surface area contributed by atoms with Gasteiger partial charge in [0.05, 0.1) is 12.2 Å². The van der Waals surface area contributed by atoms with E-state index in [0.29, 0.717) is 10.2 Å². The average Bonchev–Trinajstić information content (AvgIpc) is 2.86. The van der Waals surface area contributed by atoms with E-state index in [4.69, 9.17) is 9.47 Å². The number of benzene rings is 4. The van der Waals surface area contributed by atoms with Crippen LogP contribution in [0.1, 0.15) is 34.0 Å². The first-order valence-electron chi connectivity index (χ1n) is 11.0. The van der Waals surface area contributed by atoms with Crippen LogP contribution in [0.25, 0.3) is 0 Å². The molecule has 0 aliphatic carbocycles. The Morgan fingerprint density at radius 3 is 1.74 bits per heavy atom. The van der Waals surface area contributed by atoms with Crippen LogP contribution in [-0.2, 0) is 10.3 Å². The third-order valence-electron chi connectivity index (χ3n) is 5.53. The van der Waals surface area contributed by atoms with Gasteiger partial charge in [-0.05, 0) is 41.8 Å². The van der Waals surface area contributed by atoms with Crippen molar-refractivity contribution < 1.29 is 19.4 Å². The van der Waals surface area contributed by atoms with Crippen LogP contribution in [0.2, 0.25) is 0 Å². The number of aromatic carboxylic acids is 1. The molecular formula is C29H25BrO4. The van der Waals surface area contributed by atoms with Crippen molar-refractivity contribution in [2.24, 2.45) is 0 Å². The smallest absolute Gasteiger partial charge is 0.335 e.